The Bertz CT molecular complexity index is 622. The highest BCUT2D eigenvalue weighted by molar-refractivity contribution is 5.80. The first-order chi connectivity index (χ1) is 7.72. The molecule has 0 saturated carbocycles. The molecular weight excluding hydrogens is 206 g/mol. The lowest BCUT2D eigenvalue weighted by atomic mass is 10.1. The predicted octanol–water partition coefficient (Wildman–Crippen LogP) is 1.51. The summed E-state index contributed by atoms with van der Waals surface area (Å²) in [7, 11) is 0. The van der Waals surface area contributed by atoms with Crippen molar-refractivity contribution in [2.24, 2.45) is 0 Å². The minimum absolute atomic E-state index is 0.0211. The first-order valence-electron chi connectivity index (χ1n) is 4.69. The molecule has 0 saturated heterocycles. The van der Waals surface area contributed by atoms with E-state index in [-0.39, 0.29) is 12.7 Å². The Morgan fingerprint density at radius 1 is 1.56 bits per heavy atom. The molecule has 2 aromatic rings. The molecule has 0 aliphatic rings. The van der Waals surface area contributed by atoms with Gasteiger partial charge in [0.25, 0.3) is 0 Å². The first kappa shape index (κ1) is 10.2. The van der Waals surface area contributed by atoms with E-state index in [1.165, 1.54) is 0 Å². The molecule has 0 amide bonds. The van der Waals surface area contributed by atoms with Gasteiger partial charge in [0.2, 0.25) is 0 Å². The van der Waals surface area contributed by atoms with Crippen molar-refractivity contribution in [1.82, 2.24) is 4.98 Å². The number of rotatable bonds is 2. The smallest absolute Gasteiger partial charge is 0.398 e. The molecule has 4 heteroatoms. The zero-order valence-corrected chi connectivity index (χ0v) is 8.69. The van der Waals surface area contributed by atoms with Crippen LogP contribution in [0.25, 0.3) is 10.9 Å². The highest BCUT2D eigenvalue weighted by Crippen LogP contribution is 2.15. The Morgan fingerprint density at radius 2 is 2.38 bits per heavy atom. The summed E-state index contributed by atoms with van der Waals surface area (Å²) in [4.78, 5) is 15.7. The van der Waals surface area contributed by atoms with E-state index < -0.39 is 5.63 Å². The van der Waals surface area contributed by atoms with Crippen LogP contribution in [0.2, 0.25) is 0 Å². The molecule has 0 bridgehead atoms. The minimum atomic E-state index is -0.463. The third-order valence-electron chi connectivity index (χ3n) is 2.13. The van der Waals surface area contributed by atoms with E-state index in [4.69, 9.17) is 15.6 Å². The molecule has 0 spiro atoms. The Morgan fingerprint density at radius 3 is 3.12 bits per heavy atom. The van der Waals surface area contributed by atoms with Crippen molar-refractivity contribution in [2.45, 2.75) is 6.92 Å². The van der Waals surface area contributed by atoms with Crippen LogP contribution in [0.1, 0.15) is 5.56 Å². The van der Waals surface area contributed by atoms with Crippen LogP contribution in [0.15, 0.2) is 27.4 Å². The molecule has 0 unspecified atom stereocenters. The molecule has 0 radical (unpaired) electrons. The van der Waals surface area contributed by atoms with Crippen LogP contribution < -0.4 is 10.4 Å². The highest BCUT2D eigenvalue weighted by atomic mass is 16.6. The molecule has 0 fully saturated rings. The van der Waals surface area contributed by atoms with E-state index in [0.717, 1.165) is 5.56 Å². The van der Waals surface area contributed by atoms with Crippen LogP contribution in [0.5, 0.6) is 6.08 Å². The summed E-state index contributed by atoms with van der Waals surface area (Å²) >= 11 is 0. The Hall–Kier alpha value is -2.28. The summed E-state index contributed by atoms with van der Waals surface area (Å²) < 4.78 is 9.86. The van der Waals surface area contributed by atoms with Gasteiger partial charge >= 0.3 is 11.7 Å². The lowest BCUT2D eigenvalue weighted by Gasteiger charge is -2.02. The molecule has 1 aromatic heterocycles. The number of hydrogen-bond acceptors (Lipinski definition) is 4. The fraction of sp³-hybridized carbons (Fsp3) is 0.167. The number of fused-ring (bicyclic) bond motifs is 1. The third kappa shape index (κ3) is 1.75. The van der Waals surface area contributed by atoms with Gasteiger partial charge in [-0.2, -0.15) is 4.98 Å². The summed E-state index contributed by atoms with van der Waals surface area (Å²) in [5, 5.41) is 0.468. The van der Waals surface area contributed by atoms with E-state index in [2.05, 4.69) is 10.9 Å². The lowest BCUT2D eigenvalue weighted by Crippen LogP contribution is -2.06. The second-order valence-electron chi connectivity index (χ2n) is 3.23. The van der Waals surface area contributed by atoms with E-state index in [9.17, 15) is 4.79 Å². The molecular formula is C12H9NO3. The van der Waals surface area contributed by atoms with Gasteiger partial charge in [0.1, 0.15) is 0 Å². The van der Waals surface area contributed by atoms with E-state index in [1.807, 2.05) is 19.1 Å². The third-order valence-corrected chi connectivity index (χ3v) is 2.13. The summed E-state index contributed by atoms with van der Waals surface area (Å²) in [6, 6.07) is 5.36. The molecule has 16 heavy (non-hydrogen) atoms. The molecule has 1 aromatic carbocycles. The average Bonchev–Trinajstić information content (AvgIpc) is 2.26. The number of ether oxygens (including phenoxy) is 1. The van der Waals surface area contributed by atoms with Gasteiger partial charge in [-0.25, -0.2) is 4.79 Å². The molecule has 0 atom stereocenters. The molecule has 2 rings (SSSR count). The van der Waals surface area contributed by atoms with Crippen LogP contribution in [0, 0.1) is 19.3 Å². The van der Waals surface area contributed by atoms with Crippen molar-refractivity contribution in [1.29, 1.82) is 0 Å². The summed E-state index contributed by atoms with van der Waals surface area (Å²) in [6.07, 6.45) is 4.93. The van der Waals surface area contributed by atoms with Gasteiger partial charge in [-0.15, -0.1) is 6.42 Å². The maximum Gasteiger partial charge on any atom is 0.398 e. The molecule has 0 aliphatic carbocycles. The predicted molar refractivity (Wildman–Crippen MR) is 59.3 cm³/mol. The highest BCUT2D eigenvalue weighted by Gasteiger charge is 2.08. The van der Waals surface area contributed by atoms with Crippen molar-refractivity contribution < 1.29 is 9.15 Å². The van der Waals surface area contributed by atoms with Gasteiger partial charge < -0.3 is 9.15 Å². The normalized spacial score (nSPS) is 10.0. The average molecular weight is 215 g/mol. The Kier molecular flexibility index (Phi) is 2.61. The topological polar surface area (TPSA) is 52.3 Å². The molecule has 80 valence electrons. The zero-order valence-electron chi connectivity index (χ0n) is 8.69. The number of terminal acetylenes is 1. The molecule has 1 heterocycles. The minimum Gasteiger partial charge on any atom is -0.437 e. The van der Waals surface area contributed by atoms with Crippen LogP contribution in [0.4, 0.5) is 0 Å². The number of benzene rings is 1. The number of nitrogens with zero attached hydrogens (tertiary/aromatic N) is 1. The van der Waals surface area contributed by atoms with Crippen LogP contribution in [-0.4, -0.2) is 11.6 Å². The van der Waals surface area contributed by atoms with Crippen molar-refractivity contribution in [3.63, 3.8) is 0 Å². The van der Waals surface area contributed by atoms with Crippen molar-refractivity contribution in [3.05, 3.63) is 34.2 Å². The second kappa shape index (κ2) is 4.07. The van der Waals surface area contributed by atoms with Gasteiger partial charge in [-0.3, -0.25) is 0 Å². The number of aryl methyl sites for hydroxylation is 1. The van der Waals surface area contributed by atoms with Gasteiger partial charge in [-0.05, 0) is 18.6 Å². The van der Waals surface area contributed by atoms with Crippen LogP contribution in [0.3, 0.4) is 0 Å². The van der Waals surface area contributed by atoms with Crippen LogP contribution in [-0.2, 0) is 0 Å². The monoisotopic (exact) mass is 215 g/mol. The maximum atomic E-state index is 11.6. The largest absolute Gasteiger partial charge is 0.437 e. The fourth-order valence-electron chi connectivity index (χ4n) is 1.43. The summed E-state index contributed by atoms with van der Waals surface area (Å²) in [6.45, 7) is 1.84. The quantitative estimate of drug-likeness (QED) is 0.712. The standard InChI is InChI=1S/C12H9NO3/c1-3-7-15-12-13-9-6-4-5-8(2)10(9)11(14)16-12/h1,4-6H,7H2,2H3. The number of aromatic nitrogens is 1. The fourth-order valence-corrected chi connectivity index (χ4v) is 1.43. The second-order valence-corrected chi connectivity index (χ2v) is 3.23. The zero-order chi connectivity index (χ0) is 11.5. The van der Waals surface area contributed by atoms with E-state index in [1.54, 1.807) is 6.07 Å². The summed E-state index contributed by atoms with van der Waals surface area (Å²) in [5.41, 5.74) is 0.903. The maximum absolute atomic E-state index is 11.6. The van der Waals surface area contributed by atoms with Crippen LogP contribution >= 0.6 is 0 Å². The SMILES string of the molecule is C#CCOc1nc2cccc(C)c2c(=O)o1. The molecule has 0 aliphatic heterocycles. The van der Waals surface area contributed by atoms with Gasteiger partial charge in [0.05, 0.1) is 10.9 Å². The van der Waals surface area contributed by atoms with E-state index >= 15 is 0 Å². The van der Waals surface area contributed by atoms with E-state index in [0.29, 0.717) is 10.9 Å². The number of hydrogen-bond donors (Lipinski definition) is 0. The lowest BCUT2D eigenvalue weighted by molar-refractivity contribution is 0.246. The van der Waals surface area contributed by atoms with Crippen molar-refractivity contribution in [2.75, 3.05) is 6.61 Å². The summed E-state index contributed by atoms with van der Waals surface area (Å²) in [5.74, 6) is 2.27. The molecule has 4 nitrogen and oxygen atoms in total. The van der Waals surface area contributed by atoms with Crippen molar-refractivity contribution in [3.8, 4) is 18.4 Å². The Labute approximate surface area is 91.9 Å². The Balaban J connectivity index is 2.61. The van der Waals surface area contributed by atoms with Gasteiger partial charge in [0.15, 0.2) is 6.61 Å². The first-order valence-corrected chi connectivity index (χ1v) is 4.69. The van der Waals surface area contributed by atoms with Gasteiger partial charge in [0, 0.05) is 0 Å². The van der Waals surface area contributed by atoms with Gasteiger partial charge in [-0.1, -0.05) is 18.1 Å². The molecule has 0 N–H and O–H groups in total. The van der Waals surface area contributed by atoms with Crippen molar-refractivity contribution >= 4 is 10.9 Å².